The molecule has 1 aromatic heterocycles. The zero-order chi connectivity index (χ0) is 20.4. The van der Waals surface area contributed by atoms with E-state index in [9.17, 15) is 24.0 Å². The number of piperazine rings is 1. The van der Waals surface area contributed by atoms with Crippen LogP contribution in [0.25, 0.3) is 0 Å². The Morgan fingerprint density at radius 2 is 2.07 bits per heavy atom. The molecule has 3 heterocycles. The van der Waals surface area contributed by atoms with Crippen LogP contribution in [0.1, 0.15) is 24.8 Å². The summed E-state index contributed by atoms with van der Waals surface area (Å²) in [4.78, 5) is 64.0. The van der Waals surface area contributed by atoms with Crippen LogP contribution in [0.2, 0.25) is 0 Å². The first-order valence-electron chi connectivity index (χ1n) is 8.88. The third-order valence-electron chi connectivity index (χ3n) is 4.72. The summed E-state index contributed by atoms with van der Waals surface area (Å²) < 4.78 is 0. The maximum Gasteiger partial charge on any atom is 0.325 e. The third-order valence-corrected chi connectivity index (χ3v) is 5.66. The van der Waals surface area contributed by atoms with Gasteiger partial charge >= 0.3 is 17.8 Å². The van der Waals surface area contributed by atoms with Crippen LogP contribution in [0.5, 0.6) is 0 Å². The molecule has 3 N–H and O–H groups in total. The summed E-state index contributed by atoms with van der Waals surface area (Å²) in [6.07, 6.45) is 0. The number of β-lactam (4-membered cyclic amide) rings is 1. The van der Waals surface area contributed by atoms with Crippen LogP contribution in [0.4, 0.5) is 4.79 Å². The number of imide groups is 1. The molecule has 0 spiro atoms. The number of hydrogen-bond donors (Lipinski definition) is 3. The minimum atomic E-state index is -1.08. The van der Waals surface area contributed by atoms with Crippen LogP contribution >= 0.6 is 11.3 Å². The Labute approximate surface area is 165 Å². The van der Waals surface area contributed by atoms with E-state index in [-0.39, 0.29) is 18.5 Å². The van der Waals surface area contributed by atoms with E-state index in [4.69, 9.17) is 0 Å². The topological polar surface area (TPSA) is 128 Å². The molecule has 2 fully saturated rings. The smallest absolute Gasteiger partial charge is 0.325 e. The molecule has 0 aliphatic carbocycles. The van der Waals surface area contributed by atoms with Gasteiger partial charge in [0.2, 0.25) is 11.8 Å². The Hall–Kier alpha value is -2.95. The first-order chi connectivity index (χ1) is 13.3. The maximum absolute atomic E-state index is 12.7. The minimum Gasteiger partial charge on any atom is -0.352 e. The number of likely N-dealkylation sites (N-methyl/N-ethyl adjacent to an activating group) is 1. The van der Waals surface area contributed by atoms with Gasteiger partial charge in [0.25, 0.3) is 0 Å². The molecule has 2 aliphatic rings. The predicted octanol–water partition coefficient (Wildman–Crippen LogP) is -0.807. The van der Waals surface area contributed by atoms with E-state index < -0.39 is 35.8 Å². The summed E-state index contributed by atoms with van der Waals surface area (Å²) in [6.45, 7) is 4.22. The summed E-state index contributed by atoms with van der Waals surface area (Å²) in [5.74, 6) is -2.54. The van der Waals surface area contributed by atoms with Crippen molar-refractivity contribution in [2.24, 2.45) is 0 Å². The van der Waals surface area contributed by atoms with Crippen LogP contribution in [-0.4, -0.2) is 71.2 Å². The Bertz CT molecular complexity index is 811. The third kappa shape index (κ3) is 3.70. The van der Waals surface area contributed by atoms with E-state index in [2.05, 4.69) is 16.0 Å². The van der Waals surface area contributed by atoms with Gasteiger partial charge in [-0.25, -0.2) is 4.79 Å². The highest BCUT2D eigenvalue weighted by Crippen LogP contribution is 2.21. The molecular weight excluding hydrogens is 386 g/mol. The highest BCUT2D eigenvalue weighted by molar-refractivity contribution is 7.10. The Morgan fingerprint density at radius 3 is 2.61 bits per heavy atom. The van der Waals surface area contributed by atoms with E-state index >= 15 is 0 Å². The minimum absolute atomic E-state index is 0.0358. The lowest BCUT2D eigenvalue weighted by Crippen LogP contribution is -2.64. The lowest BCUT2D eigenvalue weighted by Gasteiger charge is -2.37. The van der Waals surface area contributed by atoms with Crippen molar-refractivity contribution in [2.75, 3.05) is 19.6 Å². The molecule has 2 unspecified atom stereocenters. The summed E-state index contributed by atoms with van der Waals surface area (Å²) in [5.41, 5.74) is 0. The van der Waals surface area contributed by atoms with Gasteiger partial charge in [0.1, 0.15) is 12.1 Å². The van der Waals surface area contributed by atoms with Crippen molar-refractivity contribution in [3.63, 3.8) is 0 Å². The number of carbonyl (C=O) groups is 5. The Balaban J connectivity index is 1.74. The van der Waals surface area contributed by atoms with Gasteiger partial charge in [0.15, 0.2) is 0 Å². The van der Waals surface area contributed by atoms with Gasteiger partial charge < -0.3 is 20.9 Å². The van der Waals surface area contributed by atoms with Gasteiger partial charge in [0, 0.05) is 24.0 Å². The van der Waals surface area contributed by atoms with Crippen molar-refractivity contribution in [3.8, 4) is 0 Å². The number of thiophene rings is 1. The van der Waals surface area contributed by atoms with Crippen LogP contribution in [-0.2, 0) is 19.2 Å². The van der Waals surface area contributed by atoms with Crippen molar-refractivity contribution in [1.82, 2.24) is 25.8 Å². The number of nitrogens with one attached hydrogen (secondary N) is 3. The molecule has 10 nitrogen and oxygen atoms in total. The number of urea groups is 1. The SMILES string of the molecule is CCN1C(=O)C(=O)N(C(=O)NC(C(=O)NC2CNC2=O)c2cccs2)C[C@@H]1C. The summed E-state index contributed by atoms with van der Waals surface area (Å²) in [7, 11) is 0. The molecule has 3 rings (SSSR count). The molecule has 6 amide bonds. The predicted molar refractivity (Wildman–Crippen MR) is 99.1 cm³/mol. The first kappa shape index (κ1) is 19.8. The zero-order valence-electron chi connectivity index (χ0n) is 15.4. The summed E-state index contributed by atoms with van der Waals surface area (Å²) in [5, 5.41) is 9.36. The average Bonchev–Trinajstić information content (AvgIpc) is 3.20. The van der Waals surface area contributed by atoms with Crippen LogP contribution in [0, 0.1) is 0 Å². The van der Waals surface area contributed by atoms with Crippen LogP contribution in [0.15, 0.2) is 17.5 Å². The largest absolute Gasteiger partial charge is 0.352 e. The first-order valence-corrected chi connectivity index (χ1v) is 9.75. The van der Waals surface area contributed by atoms with Gasteiger partial charge in [-0.2, -0.15) is 0 Å². The van der Waals surface area contributed by atoms with E-state index in [0.29, 0.717) is 18.0 Å². The van der Waals surface area contributed by atoms with Crippen molar-refractivity contribution < 1.29 is 24.0 Å². The normalized spacial score (nSPS) is 23.0. The molecule has 3 atom stereocenters. The number of hydrogen-bond acceptors (Lipinski definition) is 6. The number of amides is 6. The van der Waals surface area contributed by atoms with Crippen LogP contribution in [0.3, 0.4) is 0 Å². The second-order valence-electron chi connectivity index (χ2n) is 6.56. The van der Waals surface area contributed by atoms with E-state index in [1.54, 1.807) is 31.4 Å². The second-order valence-corrected chi connectivity index (χ2v) is 7.54. The van der Waals surface area contributed by atoms with Gasteiger partial charge in [-0.3, -0.25) is 24.1 Å². The summed E-state index contributed by atoms with van der Waals surface area (Å²) >= 11 is 1.25. The lowest BCUT2D eigenvalue weighted by atomic mass is 10.1. The van der Waals surface area contributed by atoms with Crippen molar-refractivity contribution in [1.29, 1.82) is 0 Å². The fourth-order valence-corrected chi connectivity index (χ4v) is 3.87. The van der Waals surface area contributed by atoms with E-state index in [1.165, 1.54) is 16.2 Å². The Morgan fingerprint density at radius 1 is 1.32 bits per heavy atom. The molecule has 0 radical (unpaired) electrons. The molecule has 28 heavy (non-hydrogen) atoms. The monoisotopic (exact) mass is 407 g/mol. The maximum atomic E-state index is 12.7. The summed E-state index contributed by atoms with van der Waals surface area (Å²) in [6, 6.07) is 0.507. The molecular formula is C17H21N5O5S. The van der Waals surface area contributed by atoms with Crippen molar-refractivity contribution in [2.45, 2.75) is 32.0 Å². The fourth-order valence-electron chi connectivity index (χ4n) is 3.10. The van der Waals surface area contributed by atoms with Gasteiger partial charge in [0.05, 0.1) is 6.54 Å². The van der Waals surface area contributed by atoms with Gasteiger partial charge in [-0.05, 0) is 25.3 Å². The average molecular weight is 407 g/mol. The fraction of sp³-hybridized carbons (Fsp3) is 0.471. The molecule has 0 saturated carbocycles. The highest BCUT2D eigenvalue weighted by Gasteiger charge is 2.41. The number of carbonyl (C=O) groups excluding carboxylic acids is 5. The van der Waals surface area contributed by atoms with Crippen molar-refractivity contribution in [3.05, 3.63) is 22.4 Å². The highest BCUT2D eigenvalue weighted by atomic mass is 32.1. The lowest BCUT2D eigenvalue weighted by molar-refractivity contribution is -0.156. The van der Waals surface area contributed by atoms with Gasteiger partial charge in [-0.1, -0.05) is 6.07 Å². The Kier molecular flexibility index (Phi) is 5.63. The second kappa shape index (κ2) is 7.97. The van der Waals surface area contributed by atoms with Gasteiger partial charge in [-0.15, -0.1) is 11.3 Å². The van der Waals surface area contributed by atoms with E-state index in [1.807, 2.05) is 0 Å². The molecule has 2 aliphatic heterocycles. The molecule has 11 heteroatoms. The number of nitrogens with zero attached hydrogens (tertiary/aromatic N) is 2. The molecule has 2 saturated heterocycles. The van der Waals surface area contributed by atoms with Crippen LogP contribution < -0.4 is 16.0 Å². The molecule has 150 valence electrons. The quantitative estimate of drug-likeness (QED) is 0.435. The molecule has 1 aromatic rings. The van der Waals surface area contributed by atoms with Crippen molar-refractivity contribution >= 4 is 41.0 Å². The zero-order valence-corrected chi connectivity index (χ0v) is 16.2. The van der Waals surface area contributed by atoms with E-state index in [0.717, 1.165) is 4.90 Å². The molecule has 0 aromatic carbocycles. The standard InChI is InChI=1S/C17H21N5O5S/c1-3-21-9(2)8-22(16(26)15(21)25)17(27)20-12(11-5-4-6-28-11)14(24)19-10-7-18-13(10)23/h4-6,9-10,12H,3,7-8H2,1-2H3,(H,18,23)(H,19,24)(H,20,27)/t9-,10?,12?/m0/s1. The molecule has 0 bridgehead atoms. The number of rotatable bonds is 5.